The van der Waals surface area contributed by atoms with E-state index in [-0.39, 0.29) is 6.03 Å². The zero-order chi connectivity index (χ0) is 12.5. The van der Waals surface area contributed by atoms with Crippen LogP contribution >= 0.6 is 0 Å². The second-order valence-electron chi connectivity index (χ2n) is 4.97. The second kappa shape index (κ2) is 4.61. The summed E-state index contributed by atoms with van der Waals surface area (Å²) in [5.74, 6) is 0. The number of carbonyl (C=O) groups is 1. The maximum absolute atomic E-state index is 12.4. The standard InChI is InChI=1S/C14H19N3O/c1-2-11-4-3-5-12(8-11)17-10-13-9-15-6-7-16(13)14(17)18/h3-5,8,13,15H,2,6-7,9-10H2,1H3. The fourth-order valence-corrected chi connectivity index (χ4v) is 2.78. The van der Waals surface area contributed by atoms with E-state index in [1.807, 2.05) is 21.9 Å². The van der Waals surface area contributed by atoms with Crippen molar-refractivity contribution in [2.24, 2.45) is 0 Å². The minimum atomic E-state index is 0.162. The molecule has 1 aromatic carbocycles. The number of fused-ring (bicyclic) bond motifs is 1. The van der Waals surface area contributed by atoms with E-state index in [0.717, 1.165) is 38.3 Å². The third-order valence-corrected chi connectivity index (χ3v) is 3.85. The molecule has 1 N–H and O–H groups in total. The van der Waals surface area contributed by atoms with Gasteiger partial charge in [0.15, 0.2) is 0 Å². The SMILES string of the molecule is CCc1cccc(N2CC3CNCCN3C2=O)c1. The van der Waals surface area contributed by atoms with Crippen molar-refractivity contribution in [3.63, 3.8) is 0 Å². The molecule has 2 amide bonds. The molecule has 96 valence electrons. The van der Waals surface area contributed by atoms with Crippen LogP contribution in [0.2, 0.25) is 0 Å². The molecule has 4 nitrogen and oxygen atoms in total. The Labute approximate surface area is 108 Å². The Morgan fingerprint density at radius 2 is 2.33 bits per heavy atom. The first-order valence-corrected chi connectivity index (χ1v) is 6.67. The molecule has 0 aromatic heterocycles. The molecule has 1 aromatic rings. The Morgan fingerprint density at radius 1 is 1.44 bits per heavy atom. The Balaban J connectivity index is 1.86. The van der Waals surface area contributed by atoms with Crippen molar-refractivity contribution in [2.45, 2.75) is 19.4 Å². The first-order valence-electron chi connectivity index (χ1n) is 6.67. The number of urea groups is 1. The minimum absolute atomic E-state index is 0.162. The van der Waals surface area contributed by atoms with Crippen LogP contribution in [0.4, 0.5) is 10.5 Å². The average Bonchev–Trinajstić information content (AvgIpc) is 2.77. The Morgan fingerprint density at radius 3 is 3.11 bits per heavy atom. The Kier molecular flexibility index (Phi) is 2.96. The second-order valence-corrected chi connectivity index (χ2v) is 4.97. The average molecular weight is 245 g/mol. The van der Waals surface area contributed by atoms with E-state index in [1.165, 1.54) is 5.56 Å². The van der Waals surface area contributed by atoms with E-state index in [0.29, 0.717) is 6.04 Å². The van der Waals surface area contributed by atoms with Crippen molar-refractivity contribution in [3.05, 3.63) is 29.8 Å². The summed E-state index contributed by atoms with van der Waals surface area (Å²) in [5.41, 5.74) is 2.32. The number of amides is 2. The van der Waals surface area contributed by atoms with E-state index in [4.69, 9.17) is 0 Å². The normalized spacial score (nSPS) is 23.4. The van der Waals surface area contributed by atoms with E-state index < -0.39 is 0 Å². The van der Waals surface area contributed by atoms with Crippen molar-refractivity contribution < 1.29 is 4.79 Å². The fraction of sp³-hybridized carbons (Fsp3) is 0.500. The van der Waals surface area contributed by atoms with Gasteiger partial charge in [-0.2, -0.15) is 0 Å². The number of carbonyl (C=O) groups excluding carboxylic acids is 1. The van der Waals surface area contributed by atoms with E-state index in [9.17, 15) is 4.79 Å². The van der Waals surface area contributed by atoms with Crippen LogP contribution in [0.15, 0.2) is 24.3 Å². The number of anilines is 1. The first-order chi connectivity index (χ1) is 8.79. The predicted molar refractivity (Wildman–Crippen MR) is 71.9 cm³/mol. The monoisotopic (exact) mass is 245 g/mol. The number of hydrogen-bond acceptors (Lipinski definition) is 2. The largest absolute Gasteiger partial charge is 0.324 e. The van der Waals surface area contributed by atoms with Gasteiger partial charge in [0.05, 0.1) is 6.04 Å². The molecule has 0 saturated carbocycles. The van der Waals surface area contributed by atoms with Crippen LogP contribution in [-0.2, 0) is 6.42 Å². The van der Waals surface area contributed by atoms with E-state index in [2.05, 4.69) is 24.4 Å². The number of rotatable bonds is 2. The molecule has 1 unspecified atom stereocenters. The summed E-state index contributed by atoms with van der Waals surface area (Å²) in [6.45, 7) is 5.59. The van der Waals surface area contributed by atoms with Gasteiger partial charge < -0.3 is 10.2 Å². The molecular formula is C14H19N3O. The third-order valence-electron chi connectivity index (χ3n) is 3.85. The number of benzene rings is 1. The molecule has 2 aliphatic heterocycles. The highest BCUT2D eigenvalue weighted by Gasteiger charge is 2.38. The van der Waals surface area contributed by atoms with Crippen LogP contribution < -0.4 is 10.2 Å². The molecule has 0 spiro atoms. The Bertz CT molecular complexity index is 460. The topological polar surface area (TPSA) is 35.6 Å². The van der Waals surface area contributed by atoms with Crippen molar-refractivity contribution in [1.82, 2.24) is 10.2 Å². The highest BCUT2D eigenvalue weighted by molar-refractivity contribution is 5.94. The molecular weight excluding hydrogens is 226 g/mol. The van der Waals surface area contributed by atoms with Gasteiger partial charge in [-0.25, -0.2) is 4.79 Å². The van der Waals surface area contributed by atoms with E-state index in [1.54, 1.807) is 0 Å². The van der Waals surface area contributed by atoms with Crippen molar-refractivity contribution in [1.29, 1.82) is 0 Å². The summed E-state index contributed by atoms with van der Waals surface area (Å²) in [5, 5.41) is 3.35. The summed E-state index contributed by atoms with van der Waals surface area (Å²) in [7, 11) is 0. The lowest BCUT2D eigenvalue weighted by atomic mass is 10.1. The maximum atomic E-state index is 12.4. The summed E-state index contributed by atoms with van der Waals surface area (Å²) >= 11 is 0. The lowest BCUT2D eigenvalue weighted by Crippen LogP contribution is -2.49. The van der Waals surface area contributed by atoms with E-state index >= 15 is 0 Å². The number of piperazine rings is 1. The molecule has 0 bridgehead atoms. The van der Waals surface area contributed by atoms with Crippen LogP contribution in [0.25, 0.3) is 0 Å². The maximum Gasteiger partial charge on any atom is 0.324 e. The van der Waals surface area contributed by atoms with Crippen LogP contribution in [0.1, 0.15) is 12.5 Å². The van der Waals surface area contributed by atoms with Gasteiger partial charge in [-0.15, -0.1) is 0 Å². The number of nitrogens with one attached hydrogen (secondary N) is 1. The van der Waals surface area contributed by atoms with Crippen molar-refractivity contribution in [2.75, 3.05) is 31.1 Å². The molecule has 18 heavy (non-hydrogen) atoms. The molecule has 2 aliphatic rings. The van der Waals surface area contributed by atoms with Gasteiger partial charge in [-0.1, -0.05) is 19.1 Å². The molecule has 2 heterocycles. The summed E-state index contributed by atoms with van der Waals surface area (Å²) in [4.78, 5) is 16.3. The van der Waals surface area contributed by atoms with Gasteiger partial charge in [-0.3, -0.25) is 4.90 Å². The molecule has 2 fully saturated rings. The molecule has 0 aliphatic carbocycles. The van der Waals surface area contributed by atoms with Gasteiger partial charge in [0.1, 0.15) is 0 Å². The first kappa shape index (κ1) is 11.5. The fourth-order valence-electron chi connectivity index (χ4n) is 2.78. The van der Waals surface area contributed by atoms with Gasteiger partial charge in [0, 0.05) is 31.9 Å². The molecule has 0 radical (unpaired) electrons. The summed E-state index contributed by atoms with van der Waals surface area (Å²) < 4.78 is 0. The highest BCUT2D eigenvalue weighted by Crippen LogP contribution is 2.25. The third kappa shape index (κ3) is 1.86. The van der Waals surface area contributed by atoms with Crippen molar-refractivity contribution >= 4 is 11.7 Å². The van der Waals surface area contributed by atoms with Gasteiger partial charge in [-0.05, 0) is 24.1 Å². The highest BCUT2D eigenvalue weighted by atomic mass is 16.2. The van der Waals surface area contributed by atoms with Gasteiger partial charge in [0.2, 0.25) is 0 Å². The van der Waals surface area contributed by atoms with Gasteiger partial charge in [0.25, 0.3) is 0 Å². The summed E-state index contributed by atoms with van der Waals surface area (Å²) in [6.07, 6.45) is 1.00. The van der Waals surface area contributed by atoms with Crippen LogP contribution in [0, 0.1) is 0 Å². The van der Waals surface area contributed by atoms with Crippen molar-refractivity contribution in [3.8, 4) is 0 Å². The van der Waals surface area contributed by atoms with Crippen LogP contribution in [-0.4, -0.2) is 43.2 Å². The molecule has 4 heteroatoms. The molecule has 3 rings (SSSR count). The number of hydrogen-bond donors (Lipinski definition) is 1. The smallest absolute Gasteiger partial charge is 0.317 e. The Hall–Kier alpha value is -1.55. The summed E-state index contributed by atoms with van der Waals surface area (Å²) in [6, 6.07) is 8.80. The predicted octanol–water partition coefficient (Wildman–Crippen LogP) is 1.46. The quantitative estimate of drug-likeness (QED) is 0.856. The lowest BCUT2D eigenvalue weighted by Gasteiger charge is -2.28. The number of nitrogens with zero attached hydrogens (tertiary/aromatic N) is 2. The molecule has 1 atom stereocenters. The minimum Gasteiger partial charge on any atom is -0.317 e. The zero-order valence-corrected chi connectivity index (χ0v) is 10.7. The van der Waals surface area contributed by atoms with Crippen LogP contribution in [0.5, 0.6) is 0 Å². The number of aryl methyl sites for hydroxylation is 1. The van der Waals surface area contributed by atoms with Crippen LogP contribution in [0.3, 0.4) is 0 Å². The lowest BCUT2D eigenvalue weighted by molar-refractivity contribution is 0.193. The van der Waals surface area contributed by atoms with Gasteiger partial charge >= 0.3 is 6.03 Å². The molecule has 2 saturated heterocycles. The zero-order valence-electron chi connectivity index (χ0n) is 10.7.